The number of rotatable bonds is 4. The lowest BCUT2D eigenvalue weighted by molar-refractivity contribution is 0.111. The number of ether oxygens (including phenoxy) is 1. The van der Waals surface area contributed by atoms with E-state index in [1.165, 1.54) is 10.4 Å². The Kier molecular flexibility index (Phi) is 5.08. The maximum atomic E-state index is 12.3. The minimum absolute atomic E-state index is 0.00691. The summed E-state index contributed by atoms with van der Waals surface area (Å²) in [6, 6.07) is 10.2. The first-order valence-corrected chi connectivity index (χ1v) is 10.5. The molecule has 7 heteroatoms. The van der Waals surface area contributed by atoms with Gasteiger partial charge in [-0.25, -0.2) is 9.78 Å². The van der Waals surface area contributed by atoms with Crippen LogP contribution in [0, 0.1) is 6.92 Å². The summed E-state index contributed by atoms with van der Waals surface area (Å²) in [6.07, 6.45) is 1.79. The molecule has 3 heterocycles. The Morgan fingerprint density at radius 3 is 2.88 bits per heavy atom. The quantitative estimate of drug-likeness (QED) is 0.721. The predicted octanol–water partition coefficient (Wildman–Crippen LogP) is 4.42. The number of hydrogen-bond donors (Lipinski definition) is 1. The van der Waals surface area contributed by atoms with Crippen LogP contribution < -0.4 is 10.1 Å². The van der Waals surface area contributed by atoms with Gasteiger partial charge in [-0.2, -0.15) is 0 Å². The highest BCUT2D eigenvalue weighted by atomic mass is 32.1. The third kappa shape index (κ3) is 3.83. The van der Waals surface area contributed by atoms with Gasteiger partial charge < -0.3 is 15.0 Å². The molecule has 0 bridgehead atoms. The number of urea groups is 1. The zero-order valence-corrected chi connectivity index (χ0v) is 16.2. The Morgan fingerprint density at radius 1 is 1.31 bits per heavy atom. The van der Waals surface area contributed by atoms with Gasteiger partial charge in [0.25, 0.3) is 5.19 Å². The van der Waals surface area contributed by atoms with Gasteiger partial charge in [-0.15, -0.1) is 11.3 Å². The molecule has 4 rings (SSSR count). The fraction of sp³-hybridized carbons (Fsp3) is 0.368. The van der Waals surface area contributed by atoms with Gasteiger partial charge in [0.2, 0.25) is 0 Å². The molecule has 5 nitrogen and oxygen atoms in total. The maximum absolute atomic E-state index is 12.3. The van der Waals surface area contributed by atoms with Crippen LogP contribution in [-0.2, 0) is 6.54 Å². The fourth-order valence-corrected chi connectivity index (χ4v) is 4.73. The summed E-state index contributed by atoms with van der Waals surface area (Å²) >= 11 is 3.25. The van der Waals surface area contributed by atoms with Gasteiger partial charge in [0.1, 0.15) is 6.10 Å². The van der Waals surface area contributed by atoms with Crippen molar-refractivity contribution in [3.8, 4) is 5.19 Å². The summed E-state index contributed by atoms with van der Waals surface area (Å²) in [5.41, 5.74) is 2.20. The molecular formula is C19H21N3O2S2. The van der Waals surface area contributed by atoms with Crippen LogP contribution in [0.3, 0.4) is 0 Å². The summed E-state index contributed by atoms with van der Waals surface area (Å²) in [6.45, 7) is 4.09. The van der Waals surface area contributed by atoms with Gasteiger partial charge in [0.05, 0.1) is 16.8 Å². The van der Waals surface area contributed by atoms with Crippen LogP contribution in [0.1, 0.15) is 23.3 Å². The molecule has 0 radical (unpaired) electrons. The lowest BCUT2D eigenvalue weighted by Crippen LogP contribution is -2.46. The van der Waals surface area contributed by atoms with E-state index in [-0.39, 0.29) is 12.1 Å². The highest BCUT2D eigenvalue weighted by molar-refractivity contribution is 7.20. The summed E-state index contributed by atoms with van der Waals surface area (Å²) in [5.74, 6) is 0. The van der Waals surface area contributed by atoms with Crippen LogP contribution in [0.15, 0.2) is 35.7 Å². The zero-order chi connectivity index (χ0) is 17.9. The number of nitrogens with zero attached hydrogens (tertiary/aromatic N) is 2. The number of nitrogens with one attached hydrogen (secondary N) is 1. The number of carbonyl (C=O) groups excluding carboxylic acids is 1. The Morgan fingerprint density at radius 2 is 2.15 bits per heavy atom. The number of benzene rings is 1. The molecule has 0 aliphatic carbocycles. The normalized spacial score (nSPS) is 15.3. The average Bonchev–Trinajstić information content (AvgIpc) is 3.30. The lowest BCUT2D eigenvalue weighted by atomic mass is 10.1. The lowest BCUT2D eigenvalue weighted by Gasteiger charge is -2.31. The molecule has 26 heavy (non-hydrogen) atoms. The Bertz CT molecular complexity index is 883. The van der Waals surface area contributed by atoms with E-state index in [0.717, 1.165) is 28.3 Å². The van der Waals surface area contributed by atoms with Crippen molar-refractivity contribution in [3.05, 3.63) is 46.2 Å². The summed E-state index contributed by atoms with van der Waals surface area (Å²) in [5, 5.41) is 5.74. The number of para-hydroxylation sites is 1. The number of thiazole rings is 1. The average molecular weight is 388 g/mol. The molecule has 1 aliphatic heterocycles. The molecule has 1 fully saturated rings. The van der Waals surface area contributed by atoms with Gasteiger partial charge in [-0.1, -0.05) is 29.5 Å². The molecule has 0 atom stereocenters. The molecule has 1 N–H and O–H groups in total. The largest absolute Gasteiger partial charge is 0.467 e. The van der Waals surface area contributed by atoms with Gasteiger partial charge >= 0.3 is 6.03 Å². The SMILES string of the molecule is Cc1cccc2sc(OC3CCN(C(=O)NCc4cccs4)CC3)nc12. The predicted molar refractivity (Wildman–Crippen MR) is 106 cm³/mol. The third-order valence-corrected chi connectivity index (χ3v) is 6.38. The first kappa shape index (κ1) is 17.3. The summed E-state index contributed by atoms with van der Waals surface area (Å²) in [4.78, 5) is 19.9. The molecule has 0 saturated carbocycles. The van der Waals surface area contributed by atoms with Crippen molar-refractivity contribution in [1.29, 1.82) is 0 Å². The number of piperidine rings is 1. The van der Waals surface area contributed by atoms with Gasteiger partial charge in [-0.3, -0.25) is 0 Å². The fourth-order valence-electron chi connectivity index (χ4n) is 3.12. The van der Waals surface area contributed by atoms with Crippen LogP contribution in [0.4, 0.5) is 4.79 Å². The van der Waals surface area contributed by atoms with Gasteiger partial charge in [0.15, 0.2) is 0 Å². The van der Waals surface area contributed by atoms with Gasteiger partial charge in [-0.05, 0) is 30.0 Å². The van der Waals surface area contributed by atoms with Gasteiger partial charge in [0, 0.05) is 30.8 Å². The maximum Gasteiger partial charge on any atom is 0.317 e. The molecule has 0 unspecified atom stereocenters. The molecule has 3 aromatic rings. The Balaban J connectivity index is 1.29. The molecule has 136 valence electrons. The summed E-state index contributed by atoms with van der Waals surface area (Å²) < 4.78 is 7.25. The highest BCUT2D eigenvalue weighted by Gasteiger charge is 2.24. The van der Waals surface area contributed by atoms with Crippen LogP contribution in [-0.4, -0.2) is 35.1 Å². The second-order valence-electron chi connectivity index (χ2n) is 6.44. The number of amides is 2. The van der Waals surface area contributed by atoms with Crippen LogP contribution >= 0.6 is 22.7 Å². The molecule has 0 spiro atoms. The first-order valence-electron chi connectivity index (χ1n) is 8.77. The van der Waals surface area contributed by atoms with Crippen molar-refractivity contribution in [2.75, 3.05) is 13.1 Å². The number of aromatic nitrogens is 1. The van der Waals surface area contributed by atoms with Crippen molar-refractivity contribution in [2.24, 2.45) is 0 Å². The van der Waals surface area contributed by atoms with Crippen molar-refractivity contribution in [1.82, 2.24) is 15.2 Å². The topological polar surface area (TPSA) is 54.5 Å². The minimum Gasteiger partial charge on any atom is -0.467 e. The first-order chi connectivity index (χ1) is 12.7. The third-order valence-electron chi connectivity index (χ3n) is 4.59. The van der Waals surface area contributed by atoms with Crippen LogP contribution in [0.5, 0.6) is 5.19 Å². The minimum atomic E-state index is 0.00691. The van der Waals surface area contributed by atoms with E-state index >= 15 is 0 Å². The molecule has 1 aliphatic rings. The summed E-state index contributed by atoms with van der Waals surface area (Å²) in [7, 11) is 0. The molecule has 2 amide bonds. The molecular weight excluding hydrogens is 366 g/mol. The van der Waals surface area contributed by atoms with E-state index in [0.29, 0.717) is 19.6 Å². The van der Waals surface area contributed by atoms with Crippen molar-refractivity contribution >= 4 is 38.9 Å². The highest BCUT2D eigenvalue weighted by Crippen LogP contribution is 2.31. The number of hydrogen-bond acceptors (Lipinski definition) is 5. The number of fused-ring (bicyclic) bond motifs is 1. The van der Waals surface area contributed by atoms with Crippen LogP contribution in [0.25, 0.3) is 10.2 Å². The van der Waals surface area contributed by atoms with E-state index in [4.69, 9.17) is 4.74 Å². The van der Waals surface area contributed by atoms with E-state index in [9.17, 15) is 4.79 Å². The number of likely N-dealkylation sites (tertiary alicyclic amines) is 1. The molecule has 2 aromatic heterocycles. The Labute approximate surface area is 160 Å². The van der Waals surface area contributed by atoms with Crippen molar-refractivity contribution < 1.29 is 9.53 Å². The van der Waals surface area contributed by atoms with E-state index < -0.39 is 0 Å². The second kappa shape index (κ2) is 7.63. The van der Waals surface area contributed by atoms with Crippen LogP contribution in [0.2, 0.25) is 0 Å². The van der Waals surface area contributed by atoms with E-state index in [1.54, 1.807) is 22.7 Å². The monoisotopic (exact) mass is 387 g/mol. The molecule has 1 aromatic carbocycles. The van der Waals surface area contributed by atoms with E-state index in [1.807, 2.05) is 28.5 Å². The van der Waals surface area contributed by atoms with E-state index in [2.05, 4.69) is 29.4 Å². The number of thiophene rings is 1. The van der Waals surface area contributed by atoms with Crippen molar-refractivity contribution in [2.45, 2.75) is 32.4 Å². The standard InChI is InChI=1S/C19H21N3O2S2/c1-13-4-2-6-16-17(13)21-19(26-16)24-14-7-9-22(10-8-14)18(23)20-12-15-5-3-11-25-15/h2-6,11,14H,7-10,12H2,1H3,(H,20,23). The number of aryl methyl sites for hydroxylation is 1. The zero-order valence-electron chi connectivity index (χ0n) is 14.6. The van der Waals surface area contributed by atoms with Crippen molar-refractivity contribution in [3.63, 3.8) is 0 Å². The smallest absolute Gasteiger partial charge is 0.317 e. The molecule has 1 saturated heterocycles. The Hall–Kier alpha value is -2.12. The second-order valence-corrected chi connectivity index (χ2v) is 8.47. The number of carbonyl (C=O) groups is 1.